The second-order valence-corrected chi connectivity index (χ2v) is 14.8. The Morgan fingerprint density at radius 3 is 1.96 bits per heavy atom. The zero-order chi connectivity index (χ0) is 36.6. The molecule has 0 spiro atoms. The fourth-order valence-electron chi connectivity index (χ4n) is 5.59. The maximum Gasteiger partial charge on any atom is 0.408 e. The van der Waals surface area contributed by atoms with Crippen LogP contribution in [0.3, 0.4) is 0 Å². The van der Waals surface area contributed by atoms with Gasteiger partial charge in [0.2, 0.25) is 0 Å². The molecule has 5 rings (SSSR count). The summed E-state index contributed by atoms with van der Waals surface area (Å²) in [6.07, 6.45) is -1.55. The van der Waals surface area contributed by atoms with Crippen LogP contribution < -0.4 is 30.7 Å². The first-order chi connectivity index (χ1) is 23.3. The number of benzene rings is 3. The van der Waals surface area contributed by atoms with Gasteiger partial charge in [-0.1, -0.05) is 30.3 Å². The van der Waals surface area contributed by atoms with Crippen molar-refractivity contribution in [3.8, 4) is 11.5 Å². The lowest BCUT2D eigenvalue weighted by Crippen LogP contribution is -2.45. The van der Waals surface area contributed by atoms with E-state index < -0.39 is 47.1 Å². The van der Waals surface area contributed by atoms with Gasteiger partial charge in [-0.15, -0.1) is 0 Å². The number of fused-ring (bicyclic) bond motifs is 2. The molecule has 4 N–H and O–H groups in total. The van der Waals surface area contributed by atoms with E-state index in [-0.39, 0.29) is 11.8 Å². The van der Waals surface area contributed by atoms with Crippen LogP contribution in [0, 0.1) is 0 Å². The van der Waals surface area contributed by atoms with Gasteiger partial charge in [0, 0.05) is 5.69 Å². The Bertz CT molecular complexity index is 1810. The predicted molar refractivity (Wildman–Crippen MR) is 189 cm³/mol. The predicted octanol–water partition coefficient (Wildman–Crippen LogP) is 6.60. The van der Waals surface area contributed by atoms with Crippen molar-refractivity contribution in [3.63, 3.8) is 0 Å². The SMILES string of the molecule is CC1Oc2ccc(NC(C)(C(=O)OC(C)(C)C)c3cccc(CC(NC(=O)OC(C)(C)C)c4ccc5c(c4)NC(=O)C(C)O5)c3)cc2NC1=O. The molecule has 3 aromatic carbocycles. The highest BCUT2D eigenvalue weighted by molar-refractivity contribution is 5.98. The molecule has 0 aromatic heterocycles. The molecule has 0 saturated carbocycles. The molecule has 2 aliphatic rings. The Morgan fingerprint density at radius 1 is 0.780 bits per heavy atom. The zero-order valence-electron chi connectivity index (χ0n) is 30.0. The monoisotopic (exact) mass is 686 g/mol. The van der Waals surface area contributed by atoms with Crippen LogP contribution in [0.4, 0.5) is 21.9 Å². The van der Waals surface area contributed by atoms with Gasteiger partial charge in [-0.05, 0) is 116 Å². The van der Waals surface area contributed by atoms with Crippen LogP contribution >= 0.6 is 0 Å². The normalized spacial score (nSPS) is 18.7. The summed E-state index contributed by atoms with van der Waals surface area (Å²) < 4.78 is 23.0. The van der Waals surface area contributed by atoms with E-state index in [0.717, 1.165) is 5.56 Å². The smallest absolute Gasteiger partial charge is 0.408 e. The summed E-state index contributed by atoms with van der Waals surface area (Å²) in [6, 6.07) is 17.5. The number of rotatable bonds is 8. The highest BCUT2D eigenvalue weighted by Crippen LogP contribution is 2.37. The molecular weight excluding hydrogens is 640 g/mol. The standard InChI is InChI=1S/C38H46N4O8/c1-21-32(43)39-28-19-24(13-15-30(28)47-21)27(41-35(46)50-37(6,7)8)18-23-11-10-12-25(17-23)38(9,34(45)49-36(3,4)5)42-26-14-16-31-29(20-26)40-33(44)22(2)48-31/h10-17,19-22,27,42H,18H2,1-9H3,(H,39,43)(H,40,44)(H,41,46). The number of carbonyl (C=O) groups excluding carboxylic acids is 4. The second-order valence-electron chi connectivity index (χ2n) is 14.8. The highest BCUT2D eigenvalue weighted by Gasteiger charge is 2.40. The minimum Gasteiger partial charge on any atom is -0.479 e. The van der Waals surface area contributed by atoms with E-state index in [2.05, 4.69) is 21.3 Å². The molecule has 50 heavy (non-hydrogen) atoms. The van der Waals surface area contributed by atoms with Crippen LogP contribution in [-0.4, -0.2) is 47.3 Å². The van der Waals surface area contributed by atoms with Gasteiger partial charge in [-0.3, -0.25) is 9.59 Å². The van der Waals surface area contributed by atoms with Crippen LogP contribution in [0.25, 0.3) is 0 Å². The van der Waals surface area contributed by atoms with Crippen molar-refractivity contribution in [3.05, 3.63) is 77.4 Å². The number of nitrogens with one attached hydrogen (secondary N) is 4. The molecular formula is C38H46N4O8. The van der Waals surface area contributed by atoms with Crippen LogP contribution in [0.15, 0.2) is 60.7 Å². The van der Waals surface area contributed by atoms with Gasteiger partial charge in [-0.25, -0.2) is 9.59 Å². The number of hydrogen-bond donors (Lipinski definition) is 4. The summed E-state index contributed by atoms with van der Waals surface area (Å²) in [5.41, 5.74) is 0.747. The van der Waals surface area contributed by atoms with Crippen molar-refractivity contribution in [2.45, 2.75) is 104 Å². The molecule has 12 heteroatoms. The largest absolute Gasteiger partial charge is 0.479 e. The average Bonchev–Trinajstić information content (AvgIpc) is 3.00. The summed E-state index contributed by atoms with van der Waals surface area (Å²) in [4.78, 5) is 51.7. The number of ether oxygens (including phenoxy) is 4. The first-order valence-corrected chi connectivity index (χ1v) is 16.6. The Labute approximate surface area is 292 Å². The summed E-state index contributed by atoms with van der Waals surface area (Å²) in [7, 11) is 0. The van der Waals surface area contributed by atoms with Gasteiger partial charge in [0.25, 0.3) is 11.8 Å². The molecule has 0 aliphatic carbocycles. The summed E-state index contributed by atoms with van der Waals surface area (Å²) in [5.74, 6) is -0.000712. The second kappa shape index (κ2) is 13.6. The Hall–Kier alpha value is -5.26. The van der Waals surface area contributed by atoms with E-state index in [1.165, 1.54) is 0 Å². The molecule has 3 aromatic rings. The van der Waals surface area contributed by atoms with E-state index >= 15 is 0 Å². The van der Waals surface area contributed by atoms with Crippen LogP contribution in [0.2, 0.25) is 0 Å². The van der Waals surface area contributed by atoms with Crippen molar-refractivity contribution in [2.24, 2.45) is 0 Å². The third-order valence-corrected chi connectivity index (χ3v) is 8.08. The lowest BCUT2D eigenvalue weighted by molar-refractivity contribution is -0.160. The number of carbonyl (C=O) groups is 4. The molecule has 4 atom stereocenters. The lowest BCUT2D eigenvalue weighted by Gasteiger charge is -2.34. The quantitative estimate of drug-likeness (QED) is 0.192. The lowest BCUT2D eigenvalue weighted by atomic mass is 9.88. The maximum atomic E-state index is 14.0. The first-order valence-electron chi connectivity index (χ1n) is 16.6. The van der Waals surface area contributed by atoms with E-state index in [4.69, 9.17) is 18.9 Å². The van der Waals surface area contributed by atoms with Gasteiger partial charge < -0.3 is 40.2 Å². The highest BCUT2D eigenvalue weighted by atomic mass is 16.6. The third kappa shape index (κ3) is 8.47. The molecule has 12 nitrogen and oxygen atoms in total. The van der Waals surface area contributed by atoms with Gasteiger partial charge in [-0.2, -0.15) is 0 Å². The molecule has 2 aliphatic heterocycles. The summed E-state index contributed by atoms with van der Waals surface area (Å²) >= 11 is 0. The molecule has 266 valence electrons. The molecule has 0 saturated heterocycles. The number of alkyl carbamates (subject to hydrolysis) is 1. The molecule has 0 fully saturated rings. The van der Waals surface area contributed by atoms with Gasteiger partial charge in [0.15, 0.2) is 17.7 Å². The molecule has 0 radical (unpaired) electrons. The minimum atomic E-state index is -1.39. The van der Waals surface area contributed by atoms with Gasteiger partial charge >= 0.3 is 12.1 Å². The van der Waals surface area contributed by atoms with E-state index in [9.17, 15) is 19.2 Å². The summed E-state index contributed by atoms with van der Waals surface area (Å²) in [5, 5.41) is 12.1. The minimum absolute atomic E-state index is 0.267. The van der Waals surface area contributed by atoms with Crippen molar-refractivity contribution in [2.75, 3.05) is 16.0 Å². The number of esters is 1. The Balaban J connectivity index is 1.50. The van der Waals surface area contributed by atoms with Gasteiger partial charge in [0.1, 0.15) is 22.7 Å². The fraction of sp³-hybridized carbons (Fsp3) is 0.421. The van der Waals surface area contributed by atoms with Crippen LogP contribution in [-0.2, 0) is 35.8 Å². The molecule has 3 amide bonds. The van der Waals surface area contributed by atoms with E-state index in [0.29, 0.717) is 46.1 Å². The molecule has 4 unspecified atom stereocenters. The molecule has 2 heterocycles. The third-order valence-electron chi connectivity index (χ3n) is 8.08. The Morgan fingerprint density at radius 2 is 1.36 bits per heavy atom. The van der Waals surface area contributed by atoms with Crippen molar-refractivity contribution in [1.29, 1.82) is 0 Å². The number of hydrogen-bond acceptors (Lipinski definition) is 9. The topological polar surface area (TPSA) is 153 Å². The molecule has 0 bridgehead atoms. The van der Waals surface area contributed by atoms with E-state index in [1.54, 1.807) is 92.6 Å². The van der Waals surface area contributed by atoms with E-state index in [1.807, 2.05) is 30.3 Å². The van der Waals surface area contributed by atoms with Crippen molar-refractivity contribution >= 4 is 40.9 Å². The fourth-order valence-corrected chi connectivity index (χ4v) is 5.59. The van der Waals surface area contributed by atoms with Gasteiger partial charge in [0.05, 0.1) is 17.4 Å². The maximum absolute atomic E-state index is 14.0. The van der Waals surface area contributed by atoms with Crippen molar-refractivity contribution < 1.29 is 38.1 Å². The zero-order valence-corrected chi connectivity index (χ0v) is 30.0. The Kier molecular flexibility index (Phi) is 9.78. The number of amides is 3. The first kappa shape index (κ1) is 36.0. The van der Waals surface area contributed by atoms with Crippen molar-refractivity contribution in [1.82, 2.24) is 5.32 Å². The average molecular weight is 687 g/mol. The van der Waals surface area contributed by atoms with Crippen LogP contribution in [0.5, 0.6) is 11.5 Å². The number of anilines is 3. The van der Waals surface area contributed by atoms with Crippen LogP contribution in [0.1, 0.15) is 85.0 Å². The summed E-state index contributed by atoms with van der Waals surface area (Å²) in [6.45, 7) is 15.8.